The van der Waals surface area contributed by atoms with Crippen molar-refractivity contribution < 1.29 is 18.1 Å². The molecule has 8 heteroatoms. The second kappa shape index (κ2) is 6.35. The molecule has 2 rings (SSSR count). The third-order valence-corrected chi connectivity index (χ3v) is 4.32. The van der Waals surface area contributed by atoms with Crippen molar-refractivity contribution in [3.8, 4) is 0 Å². The number of anilines is 1. The summed E-state index contributed by atoms with van der Waals surface area (Å²) in [6, 6.07) is 13.7. The van der Waals surface area contributed by atoms with Crippen molar-refractivity contribution in [2.24, 2.45) is 0 Å². The fraction of sp³-hybridized carbons (Fsp3) is 0.0714. The SMILES string of the molecule is O=C(Nc1ccc(S(=O)(=O)C[N+](=O)[O-])cc1)c1ccccc1. The van der Waals surface area contributed by atoms with Crippen molar-refractivity contribution in [2.45, 2.75) is 4.90 Å². The predicted molar refractivity (Wildman–Crippen MR) is 79.9 cm³/mol. The normalized spacial score (nSPS) is 10.9. The van der Waals surface area contributed by atoms with Crippen molar-refractivity contribution >= 4 is 21.4 Å². The van der Waals surface area contributed by atoms with Gasteiger partial charge in [0.2, 0.25) is 9.84 Å². The molecule has 0 radical (unpaired) electrons. The molecule has 0 spiro atoms. The minimum atomic E-state index is -3.97. The van der Waals surface area contributed by atoms with E-state index in [0.717, 1.165) is 0 Å². The third kappa shape index (κ3) is 3.89. The molecule has 0 aromatic heterocycles. The molecule has 0 bridgehead atoms. The van der Waals surface area contributed by atoms with Gasteiger partial charge in [-0.05, 0) is 36.4 Å². The van der Waals surface area contributed by atoms with Crippen LogP contribution in [0.15, 0.2) is 59.5 Å². The van der Waals surface area contributed by atoms with Gasteiger partial charge in [0.05, 0.1) is 4.90 Å². The molecule has 2 aromatic rings. The lowest BCUT2D eigenvalue weighted by atomic mass is 10.2. The zero-order valence-corrected chi connectivity index (χ0v) is 12.1. The number of hydrogen-bond acceptors (Lipinski definition) is 5. The first-order valence-corrected chi connectivity index (χ1v) is 7.85. The van der Waals surface area contributed by atoms with E-state index in [-0.39, 0.29) is 10.8 Å². The van der Waals surface area contributed by atoms with Gasteiger partial charge in [-0.15, -0.1) is 0 Å². The Labute approximate surface area is 126 Å². The van der Waals surface area contributed by atoms with E-state index in [2.05, 4.69) is 5.32 Å². The number of nitrogens with one attached hydrogen (secondary N) is 1. The fourth-order valence-electron chi connectivity index (χ4n) is 1.75. The number of nitro groups is 1. The molecule has 7 nitrogen and oxygen atoms in total. The Bertz CT molecular complexity index is 786. The molecule has 0 aliphatic rings. The van der Waals surface area contributed by atoms with Crippen LogP contribution in [0.3, 0.4) is 0 Å². The largest absolute Gasteiger partial charge is 0.322 e. The lowest BCUT2D eigenvalue weighted by molar-refractivity contribution is -0.458. The summed E-state index contributed by atoms with van der Waals surface area (Å²) in [5, 5.41) is 12.9. The number of sulfone groups is 1. The van der Waals surface area contributed by atoms with Gasteiger partial charge in [0.15, 0.2) is 0 Å². The average Bonchev–Trinajstić information content (AvgIpc) is 2.47. The van der Waals surface area contributed by atoms with Crippen LogP contribution < -0.4 is 5.32 Å². The van der Waals surface area contributed by atoms with Crippen LogP contribution in [-0.2, 0) is 9.84 Å². The Kier molecular flexibility index (Phi) is 4.52. The van der Waals surface area contributed by atoms with E-state index in [0.29, 0.717) is 11.3 Å². The molecule has 0 fully saturated rings. The lowest BCUT2D eigenvalue weighted by Crippen LogP contribution is -2.15. The first kappa shape index (κ1) is 15.6. The topological polar surface area (TPSA) is 106 Å². The molecule has 0 unspecified atom stereocenters. The van der Waals surface area contributed by atoms with Gasteiger partial charge < -0.3 is 5.32 Å². The first-order valence-electron chi connectivity index (χ1n) is 6.19. The summed E-state index contributed by atoms with van der Waals surface area (Å²) in [5.74, 6) is -1.50. The third-order valence-electron chi connectivity index (χ3n) is 2.78. The van der Waals surface area contributed by atoms with E-state index in [1.165, 1.54) is 24.3 Å². The number of nitrogens with zero attached hydrogens (tertiary/aromatic N) is 1. The molecule has 2 aromatic carbocycles. The zero-order chi connectivity index (χ0) is 16.2. The van der Waals surface area contributed by atoms with E-state index >= 15 is 0 Å². The van der Waals surface area contributed by atoms with Crippen LogP contribution in [-0.4, -0.2) is 25.1 Å². The molecule has 0 saturated heterocycles. The maximum absolute atomic E-state index is 11.9. The van der Waals surface area contributed by atoms with Gasteiger partial charge in [-0.3, -0.25) is 14.9 Å². The summed E-state index contributed by atoms with van der Waals surface area (Å²) >= 11 is 0. The fourth-order valence-corrected chi connectivity index (χ4v) is 2.73. The minimum Gasteiger partial charge on any atom is -0.322 e. The summed E-state index contributed by atoms with van der Waals surface area (Å²) in [7, 11) is -3.97. The predicted octanol–water partition coefficient (Wildman–Crippen LogP) is 1.95. The Morgan fingerprint density at radius 3 is 2.18 bits per heavy atom. The summed E-state index contributed by atoms with van der Waals surface area (Å²) in [4.78, 5) is 21.2. The average molecular weight is 320 g/mol. The molecule has 114 valence electrons. The van der Waals surface area contributed by atoms with Gasteiger partial charge in [-0.2, -0.15) is 0 Å². The monoisotopic (exact) mass is 320 g/mol. The number of carbonyl (C=O) groups is 1. The van der Waals surface area contributed by atoms with Gasteiger partial charge in [-0.1, -0.05) is 18.2 Å². The van der Waals surface area contributed by atoms with E-state index < -0.39 is 20.6 Å². The molecule has 1 N–H and O–H groups in total. The van der Waals surface area contributed by atoms with Crippen LogP contribution in [0.4, 0.5) is 5.69 Å². The van der Waals surface area contributed by atoms with E-state index in [9.17, 15) is 23.3 Å². The minimum absolute atomic E-state index is 0.165. The number of hydrogen-bond donors (Lipinski definition) is 1. The number of carbonyl (C=O) groups excluding carboxylic acids is 1. The number of amides is 1. The molecular weight excluding hydrogens is 308 g/mol. The molecular formula is C14H12N2O5S. The summed E-state index contributed by atoms with van der Waals surface area (Å²) in [6.07, 6.45) is 0. The van der Waals surface area contributed by atoms with Crippen LogP contribution in [0.25, 0.3) is 0 Å². The van der Waals surface area contributed by atoms with Gasteiger partial charge in [-0.25, -0.2) is 8.42 Å². The molecule has 1 amide bonds. The van der Waals surface area contributed by atoms with Crippen LogP contribution in [0, 0.1) is 10.1 Å². The van der Waals surface area contributed by atoms with Gasteiger partial charge in [0.1, 0.15) is 0 Å². The maximum Gasteiger partial charge on any atom is 0.305 e. The summed E-state index contributed by atoms with van der Waals surface area (Å²) in [6.45, 7) is 0. The van der Waals surface area contributed by atoms with Gasteiger partial charge in [0, 0.05) is 16.2 Å². The highest BCUT2D eigenvalue weighted by molar-refractivity contribution is 7.91. The van der Waals surface area contributed by atoms with E-state index in [1.807, 2.05) is 0 Å². The molecule has 0 aliphatic carbocycles. The van der Waals surface area contributed by atoms with Crippen molar-refractivity contribution in [2.75, 3.05) is 11.2 Å². The van der Waals surface area contributed by atoms with Gasteiger partial charge >= 0.3 is 5.88 Å². The number of rotatable bonds is 5. The van der Waals surface area contributed by atoms with Crippen molar-refractivity contribution in [1.29, 1.82) is 0 Å². The highest BCUT2D eigenvalue weighted by Gasteiger charge is 2.20. The molecule has 22 heavy (non-hydrogen) atoms. The van der Waals surface area contributed by atoms with Crippen LogP contribution in [0.2, 0.25) is 0 Å². The Morgan fingerprint density at radius 2 is 1.64 bits per heavy atom. The van der Waals surface area contributed by atoms with Crippen molar-refractivity contribution in [3.63, 3.8) is 0 Å². The van der Waals surface area contributed by atoms with Crippen molar-refractivity contribution in [1.82, 2.24) is 0 Å². The van der Waals surface area contributed by atoms with Gasteiger partial charge in [0.25, 0.3) is 5.91 Å². The maximum atomic E-state index is 11.9. The summed E-state index contributed by atoms with van der Waals surface area (Å²) < 4.78 is 23.3. The first-order chi connectivity index (χ1) is 10.4. The van der Waals surface area contributed by atoms with E-state index in [1.54, 1.807) is 30.3 Å². The molecule has 0 saturated carbocycles. The highest BCUT2D eigenvalue weighted by Crippen LogP contribution is 2.16. The number of benzene rings is 2. The van der Waals surface area contributed by atoms with Crippen LogP contribution in [0.1, 0.15) is 10.4 Å². The van der Waals surface area contributed by atoms with E-state index in [4.69, 9.17) is 0 Å². The Balaban J connectivity index is 2.13. The standard InChI is InChI=1S/C14H12N2O5S/c17-14(11-4-2-1-3-5-11)15-12-6-8-13(9-7-12)22(20,21)10-16(18)19/h1-9H,10H2,(H,15,17). The molecule has 0 atom stereocenters. The Hall–Kier alpha value is -2.74. The second-order valence-electron chi connectivity index (χ2n) is 4.42. The second-order valence-corrected chi connectivity index (χ2v) is 6.38. The molecule has 0 aliphatic heterocycles. The van der Waals surface area contributed by atoms with Crippen molar-refractivity contribution in [3.05, 3.63) is 70.3 Å². The molecule has 0 heterocycles. The van der Waals surface area contributed by atoms with Crippen LogP contribution in [0.5, 0.6) is 0 Å². The lowest BCUT2D eigenvalue weighted by Gasteiger charge is -2.06. The van der Waals surface area contributed by atoms with Crippen LogP contribution >= 0.6 is 0 Å². The quantitative estimate of drug-likeness (QED) is 0.669. The zero-order valence-electron chi connectivity index (χ0n) is 11.3. The smallest absolute Gasteiger partial charge is 0.305 e. The highest BCUT2D eigenvalue weighted by atomic mass is 32.2. The summed E-state index contributed by atoms with van der Waals surface area (Å²) in [5.41, 5.74) is 0.862. The Morgan fingerprint density at radius 1 is 1.05 bits per heavy atom.